The number of carbonyl (C=O) groups is 2. The van der Waals surface area contributed by atoms with E-state index in [1.165, 1.54) is 24.3 Å². The Hall–Kier alpha value is -3.16. The zero-order valence-corrected chi connectivity index (χ0v) is 12.0. The monoisotopic (exact) mass is 316 g/mol. The lowest BCUT2D eigenvalue weighted by Crippen LogP contribution is -2.44. The summed E-state index contributed by atoms with van der Waals surface area (Å²) >= 11 is 0. The van der Waals surface area contributed by atoms with E-state index in [0.29, 0.717) is 5.75 Å². The van der Waals surface area contributed by atoms with Crippen molar-refractivity contribution in [3.8, 4) is 5.75 Å². The molecule has 2 amide bonds. The normalized spacial score (nSPS) is 13.3. The highest BCUT2D eigenvalue weighted by Crippen LogP contribution is 2.30. The molecule has 2 heterocycles. The van der Waals surface area contributed by atoms with Crippen LogP contribution in [-0.2, 0) is 9.59 Å². The zero-order valence-electron chi connectivity index (χ0n) is 12.0. The molecular weight excluding hydrogens is 303 g/mol. The van der Waals surface area contributed by atoms with Crippen LogP contribution in [0.1, 0.15) is 0 Å². The van der Waals surface area contributed by atoms with E-state index in [9.17, 15) is 14.0 Å². The quantitative estimate of drug-likeness (QED) is 0.886. The van der Waals surface area contributed by atoms with Gasteiger partial charge in [0.1, 0.15) is 18.2 Å². The topological polar surface area (TPSA) is 97.5 Å². The molecule has 0 spiro atoms. The fraction of sp³-hybridized carbons (Fsp3) is 0.133. The van der Waals surface area contributed by atoms with Crippen molar-refractivity contribution in [3.05, 3.63) is 42.2 Å². The van der Waals surface area contributed by atoms with Crippen LogP contribution in [0.15, 0.2) is 36.4 Å². The lowest BCUT2D eigenvalue weighted by Gasteiger charge is -2.27. The number of hydrogen-bond acceptors (Lipinski definition) is 5. The number of carbonyl (C=O) groups excluding carboxylic acids is 2. The van der Waals surface area contributed by atoms with Gasteiger partial charge in [-0.15, -0.1) is 0 Å². The van der Waals surface area contributed by atoms with Gasteiger partial charge in [-0.1, -0.05) is 12.1 Å². The van der Waals surface area contributed by atoms with Gasteiger partial charge < -0.3 is 15.8 Å². The molecule has 118 valence electrons. The Kier molecular flexibility index (Phi) is 3.80. The third-order valence-corrected chi connectivity index (χ3v) is 3.22. The molecule has 0 saturated heterocycles. The SMILES string of the molecule is Nc1ccc2c(n1)N(CC(=O)Nc1ccccc1F)C(=O)CO2. The Bertz CT molecular complexity index is 781. The summed E-state index contributed by atoms with van der Waals surface area (Å²) in [6.07, 6.45) is 0. The molecule has 0 fully saturated rings. The highest BCUT2D eigenvalue weighted by molar-refractivity contribution is 6.04. The summed E-state index contributed by atoms with van der Waals surface area (Å²) in [4.78, 5) is 29.3. The van der Waals surface area contributed by atoms with Gasteiger partial charge in [0, 0.05) is 0 Å². The van der Waals surface area contributed by atoms with Crippen LogP contribution < -0.4 is 20.7 Å². The van der Waals surface area contributed by atoms with Gasteiger partial charge in [0.25, 0.3) is 5.91 Å². The largest absolute Gasteiger partial charge is 0.480 e. The van der Waals surface area contributed by atoms with Gasteiger partial charge >= 0.3 is 0 Å². The number of nitrogens with zero attached hydrogens (tertiary/aromatic N) is 2. The van der Waals surface area contributed by atoms with Crippen molar-refractivity contribution in [2.24, 2.45) is 0 Å². The van der Waals surface area contributed by atoms with E-state index < -0.39 is 17.6 Å². The molecular formula is C15H13FN4O3. The number of aromatic nitrogens is 1. The number of anilines is 3. The highest BCUT2D eigenvalue weighted by atomic mass is 19.1. The van der Waals surface area contributed by atoms with Crippen LogP contribution in [-0.4, -0.2) is 29.9 Å². The number of fused-ring (bicyclic) bond motifs is 1. The molecule has 0 atom stereocenters. The molecule has 0 aliphatic carbocycles. The maximum Gasteiger partial charge on any atom is 0.266 e. The number of nitrogen functional groups attached to an aromatic ring is 1. The molecule has 1 aliphatic rings. The highest BCUT2D eigenvalue weighted by Gasteiger charge is 2.29. The molecule has 7 nitrogen and oxygen atoms in total. The van der Waals surface area contributed by atoms with Crippen molar-refractivity contribution in [2.45, 2.75) is 0 Å². The summed E-state index contributed by atoms with van der Waals surface area (Å²) in [5.41, 5.74) is 5.65. The molecule has 8 heteroatoms. The fourth-order valence-electron chi connectivity index (χ4n) is 2.15. The predicted molar refractivity (Wildman–Crippen MR) is 81.5 cm³/mol. The summed E-state index contributed by atoms with van der Waals surface area (Å²) in [7, 11) is 0. The van der Waals surface area contributed by atoms with Crippen molar-refractivity contribution >= 4 is 29.1 Å². The second-order valence-electron chi connectivity index (χ2n) is 4.85. The lowest BCUT2D eigenvalue weighted by atomic mass is 10.3. The van der Waals surface area contributed by atoms with Crippen molar-refractivity contribution in [1.82, 2.24) is 4.98 Å². The molecule has 1 aromatic heterocycles. The van der Waals surface area contributed by atoms with E-state index in [4.69, 9.17) is 10.5 Å². The van der Waals surface area contributed by atoms with Gasteiger partial charge in [0.15, 0.2) is 18.2 Å². The summed E-state index contributed by atoms with van der Waals surface area (Å²) in [5, 5.41) is 2.42. The van der Waals surface area contributed by atoms with Crippen molar-refractivity contribution in [1.29, 1.82) is 0 Å². The van der Waals surface area contributed by atoms with Crippen molar-refractivity contribution in [3.63, 3.8) is 0 Å². The summed E-state index contributed by atoms with van der Waals surface area (Å²) in [6, 6.07) is 8.87. The van der Waals surface area contributed by atoms with Crippen LogP contribution in [0.3, 0.4) is 0 Å². The first-order valence-corrected chi connectivity index (χ1v) is 6.78. The Balaban J connectivity index is 1.80. The molecule has 1 aliphatic heterocycles. The van der Waals surface area contributed by atoms with Gasteiger partial charge in [-0.05, 0) is 24.3 Å². The number of pyridine rings is 1. The van der Waals surface area contributed by atoms with E-state index in [-0.39, 0.29) is 30.5 Å². The number of benzene rings is 1. The van der Waals surface area contributed by atoms with Gasteiger partial charge in [-0.3, -0.25) is 14.5 Å². The molecule has 23 heavy (non-hydrogen) atoms. The van der Waals surface area contributed by atoms with Crippen LogP contribution in [0.4, 0.5) is 21.7 Å². The predicted octanol–water partition coefficient (Wildman–Crippen LogP) is 1.17. The van der Waals surface area contributed by atoms with Crippen LogP contribution >= 0.6 is 0 Å². The molecule has 2 aromatic rings. The molecule has 3 rings (SSSR count). The molecule has 0 saturated carbocycles. The van der Waals surface area contributed by atoms with E-state index >= 15 is 0 Å². The number of rotatable bonds is 3. The minimum atomic E-state index is -0.558. The molecule has 0 unspecified atom stereocenters. The van der Waals surface area contributed by atoms with Gasteiger partial charge in [-0.2, -0.15) is 0 Å². The number of nitrogens with two attached hydrogens (primary N) is 1. The summed E-state index contributed by atoms with van der Waals surface area (Å²) in [5.74, 6) is -0.819. The van der Waals surface area contributed by atoms with Crippen molar-refractivity contribution < 1.29 is 18.7 Å². The first-order chi connectivity index (χ1) is 11.0. The number of ether oxygens (including phenoxy) is 1. The Morgan fingerprint density at radius 3 is 2.91 bits per heavy atom. The van der Waals surface area contributed by atoms with Crippen molar-refractivity contribution in [2.75, 3.05) is 29.1 Å². The molecule has 3 N–H and O–H groups in total. The Morgan fingerprint density at radius 2 is 2.13 bits per heavy atom. The first kappa shape index (κ1) is 14.8. The number of halogens is 1. The maximum absolute atomic E-state index is 13.6. The second kappa shape index (κ2) is 5.91. The Morgan fingerprint density at radius 1 is 1.35 bits per heavy atom. The van der Waals surface area contributed by atoms with E-state index in [0.717, 1.165) is 4.90 Å². The summed E-state index contributed by atoms with van der Waals surface area (Å²) in [6.45, 7) is -0.522. The minimum Gasteiger partial charge on any atom is -0.480 e. The molecule has 0 bridgehead atoms. The number of nitrogens with one attached hydrogen (secondary N) is 1. The van der Waals surface area contributed by atoms with Crippen LogP contribution in [0, 0.1) is 5.82 Å². The third kappa shape index (κ3) is 3.05. The standard InChI is InChI=1S/C15H13FN4O3/c16-9-3-1-2-4-10(9)18-13(21)7-20-14(22)8-23-11-5-6-12(17)19-15(11)20/h1-6H,7-8H2,(H2,17,19)(H,18,21). The molecule has 1 aromatic carbocycles. The fourth-order valence-corrected chi connectivity index (χ4v) is 2.15. The average Bonchev–Trinajstić information content (AvgIpc) is 2.52. The first-order valence-electron chi connectivity index (χ1n) is 6.78. The second-order valence-corrected chi connectivity index (χ2v) is 4.85. The van der Waals surface area contributed by atoms with Crippen LogP contribution in [0.2, 0.25) is 0 Å². The average molecular weight is 316 g/mol. The smallest absolute Gasteiger partial charge is 0.266 e. The third-order valence-electron chi connectivity index (χ3n) is 3.22. The van der Waals surface area contributed by atoms with Crippen LogP contribution in [0.25, 0.3) is 0 Å². The van der Waals surface area contributed by atoms with E-state index in [1.54, 1.807) is 12.1 Å². The molecule has 0 radical (unpaired) electrons. The van der Waals surface area contributed by atoms with E-state index in [1.807, 2.05) is 0 Å². The van der Waals surface area contributed by atoms with E-state index in [2.05, 4.69) is 10.3 Å². The number of para-hydroxylation sites is 1. The van der Waals surface area contributed by atoms with Gasteiger partial charge in [0.05, 0.1) is 5.69 Å². The number of amides is 2. The Labute approximate surface area is 130 Å². The van der Waals surface area contributed by atoms with Gasteiger partial charge in [0.2, 0.25) is 5.91 Å². The van der Waals surface area contributed by atoms with Crippen LogP contribution in [0.5, 0.6) is 5.75 Å². The maximum atomic E-state index is 13.6. The lowest BCUT2D eigenvalue weighted by molar-refractivity contribution is -0.123. The zero-order chi connectivity index (χ0) is 16.4. The summed E-state index contributed by atoms with van der Waals surface area (Å²) < 4.78 is 18.8. The minimum absolute atomic E-state index is 0.0407. The van der Waals surface area contributed by atoms with Gasteiger partial charge in [-0.25, -0.2) is 9.37 Å². The number of hydrogen-bond donors (Lipinski definition) is 2.